The van der Waals surface area contributed by atoms with E-state index in [0.29, 0.717) is 22.0 Å². The number of anilines is 1. The average Bonchev–Trinajstić information content (AvgIpc) is 3.06. The lowest BCUT2D eigenvalue weighted by atomic mass is 10.1. The molecular weight excluding hydrogens is 540 g/mol. The number of hydrogen-bond acceptors (Lipinski definition) is 5. The van der Waals surface area contributed by atoms with Crippen LogP contribution in [0.25, 0.3) is 6.08 Å². The molecular formula is C25H18BrClN2O4S. The summed E-state index contributed by atoms with van der Waals surface area (Å²) in [6.45, 7) is -0.0856. The number of para-hydroxylation sites is 1. The van der Waals surface area contributed by atoms with Crippen LogP contribution < -0.4 is 10.1 Å². The van der Waals surface area contributed by atoms with Gasteiger partial charge in [0.1, 0.15) is 5.75 Å². The third-order valence-corrected chi connectivity index (χ3v) is 6.41. The van der Waals surface area contributed by atoms with E-state index in [9.17, 15) is 14.4 Å². The Bertz CT molecular complexity index is 1280. The lowest BCUT2D eigenvalue weighted by molar-refractivity contribution is -0.123. The highest BCUT2D eigenvalue weighted by Gasteiger charge is 2.35. The number of nitrogens with zero attached hydrogens (tertiary/aromatic N) is 1. The molecule has 9 heteroatoms. The molecule has 0 atom stereocenters. The third-order valence-electron chi connectivity index (χ3n) is 4.78. The van der Waals surface area contributed by atoms with Crippen LogP contribution >= 0.6 is 39.3 Å². The van der Waals surface area contributed by atoms with Gasteiger partial charge in [0.25, 0.3) is 17.1 Å². The van der Waals surface area contributed by atoms with Crippen molar-refractivity contribution >= 4 is 68.1 Å². The van der Waals surface area contributed by atoms with Crippen LogP contribution in [0.3, 0.4) is 0 Å². The van der Waals surface area contributed by atoms with Crippen molar-refractivity contribution in [3.8, 4) is 5.75 Å². The Morgan fingerprint density at radius 2 is 1.85 bits per heavy atom. The number of ether oxygens (including phenoxy) is 1. The minimum atomic E-state index is -0.400. The van der Waals surface area contributed by atoms with E-state index in [0.717, 1.165) is 21.8 Å². The third kappa shape index (κ3) is 6.08. The van der Waals surface area contributed by atoms with Gasteiger partial charge in [-0.05, 0) is 65.9 Å². The van der Waals surface area contributed by atoms with Gasteiger partial charge in [-0.25, -0.2) is 0 Å². The van der Waals surface area contributed by atoms with E-state index in [1.165, 1.54) is 4.90 Å². The fraction of sp³-hybridized carbons (Fsp3) is 0.0800. The molecule has 0 bridgehead atoms. The van der Waals surface area contributed by atoms with Gasteiger partial charge in [-0.3, -0.25) is 19.3 Å². The first-order chi connectivity index (χ1) is 16.4. The molecule has 1 N–H and O–H groups in total. The summed E-state index contributed by atoms with van der Waals surface area (Å²) in [6, 6.07) is 21.3. The van der Waals surface area contributed by atoms with Gasteiger partial charge >= 0.3 is 0 Å². The van der Waals surface area contributed by atoms with Crippen LogP contribution in [0, 0.1) is 0 Å². The predicted octanol–water partition coefficient (Wildman–Crippen LogP) is 6.36. The summed E-state index contributed by atoms with van der Waals surface area (Å²) >= 11 is 10.3. The molecule has 6 nitrogen and oxygen atoms in total. The fourth-order valence-electron chi connectivity index (χ4n) is 3.22. The summed E-state index contributed by atoms with van der Waals surface area (Å²) < 4.78 is 6.49. The smallest absolute Gasteiger partial charge is 0.293 e. The topological polar surface area (TPSA) is 75.7 Å². The molecule has 3 aromatic carbocycles. The lowest BCUT2D eigenvalue weighted by Crippen LogP contribution is -2.27. The monoisotopic (exact) mass is 556 g/mol. The van der Waals surface area contributed by atoms with Gasteiger partial charge in [0.15, 0.2) is 6.61 Å². The zero-order valence-electron chi connectivity index (χ0n) is 17.7. The summed E-state index contributed by atoms with van der Waals surface area (Å²) in [6.07, 6.45) is 1.60. The van der Waals surface area contributed by atoms with Gasteiger partial charge < -0.3 is 10.1 Å². The van der Waals surface area contributed by atoms with Crippen molar-refractivity contribution in [2.75, 3.05) is 11.9 Å². The summed E-state index contributed by atoms with van der Waals surface area (Å²) in [7, 11) is 0. The van der Waals surface area contributed by atoms with Crippen molar-refractivity contribution in [2.24, 2.45) is 0 Å². The molecule has 0 saturated carbocycles. The minimum absolute atomic E-state index is 0.129. The average molecular weight is 558 g/mol. The molecule has 0 spiro atoms. The second kappa shape index (κ2) is 10.9. The van der Waals surface area contributed by atoms with E-state index in [-0.39, 0.29) is 29.2 Å². The number of carbonyl (C=O) groups excluding carboxylic acids is 3. The van der Waals surface area contributed by atoms with Crippen LogP contribution in [-0.4, -0.2) is 28.6 Å². The maximum Gasteiger partial charge on any atom is 0.293 e. The molecule has 1 heterocycles. The van der Waals surface area contributed by atoms with E-state index in [2.05, 4.69) is 21.2 Å². The Morgan fingerprint density at radius 1 is 1.06 bits per heavy atom. The summed E-state index contributed by atoms with van der Waals surface area (Å²) in [5, 5.41) is 2.92. The molecule has 3 aromatic rings. The van der Waals surface area contributed by atoms with Crippen molar-refractivity contribution < 1.29 is 19.1 Å². The maximum atomic E-state index is 12.9. The molecule has 34 heavy (non-hydrogen) atoms. The number of nitrogens with one attached hydrogen (secondary N) is 1. The Labute approximate surface area is 214 Å². The molecule has 0 unspecified atom stereocenters. The van der Waals surface area contributed by atoms with E-state index < -0.39 is 5.91 Å². The highest BCUT2D eigenvalue weighted by atomic mass is 79.9. The number of amides is 3. The molecule has 1 aliphatic heterocycles. The molecule has 0 aliphatic carbocycles. The molecule has 1 aliphatic rings. The SMILES string of the molecule is O=C(COc1ccc(Br)cc1/C=C1\SC(=O)N(Cc2cccc(Cl)c2)C1=O)Nc1ccccc1. The highest BCUT2D eigenvalue weighted by Crippen LogP contribution is 2.35. The van der Waals surface area contributed by atoms with Crippen molar-refractivity contribution in [3.05, 3.63) is 98.3 Å². The van der Waals surface area contributed by atoms with Crippen LogP contribution in [0.5, 0.6) is 5.75 Å². The molecule has 0 radical (unpaired) electrons. The van der Waals surface area contributed by atoms with Gasteiger partial charge in [0.2, 0.25) is 0 Å². The number of imide groups is 1. The highest BCUT2D eigenvalue weighted by molar-refractivity contribution is 9.10. The summed E-state index contributed by atoms with van der Waals surface area (Å²) in [5.41, 5.74) is 1.99. The molecule has 1 saturated heterocycles. The van der Waals surface area contributed by atoms with Gasteiger partial charge in [-0.2, -0.15) is 0 Å². The van der Waals surface area contributed by atoms with Crippen molar-refractivity contribution in [2.45, 2.75) is 6.54 Å². The van der Waals surface area contributed by atoms with Crippen molar-refractivity contribution in [3.63, 3.8) is 0 Å². The van der Waals surface area contributed by atoms with Gasteiger partial charge in [0.05, 0.1) is 11.4 Å². The van der Waals surface area contributed by atoms with Crippen molar-refractivity contribution in [1.82, 2.24) is 4.90 Å². The van der Waals surface area contributed by atoms with Crippen LogP contribution in [0.4, 0.5) is 10.5 Å². The Balaban J connectivity index is 1.48. The molecule has 1 fully saturated rings. The summed E-state index contributed by atoms with van der Waals surface area (Å²) in [5.74, 6) is -0.308. The zero-order valence-corrected chi connectivity index (χ0v) is 20.8. The number of carbonyl (C=O) groups is 3. The van der Waals surface area contributed by atoms with Crippen LogP contribution in [0.2, 0.25) is 5.02 Å². The van der Waals surface area contributed by atoms with Crippen molar-refractivity contribution in [1.29, 1.82) is 0 Å². The Morgan fingerprint density at radius 3 is 2.62 bits per heavy atom. The fourth-order valence-corrected chi connectivity index (χ4v) is 4.64. The van der Waals surface area contributed by atoms with Crippen LogP contribution in [-0.2, 0) is 16.1 Å². The first kappa shape index (κ1) is 24.1. The number of rotatable bonds is 7. The summed E-state index contributed by atoms with van der Waals surface area (Å²) in [4.78, 5) is 39.2. The number of benzene rings is 3. The lowest BCUT2D eigenvalue weighted by Gasteiger charge is -2.13. The van der Waals surface area contributed by atoms with Crippen LogP contribution in [0.15, 0.2) is 82.2 Å². The number of hydrogen-bond donors (Lipinski definition) is 1. The molecule has 172 valence electrons. The molecule has 4 rings (SSSR count). The predicted molar refractivity (Wildman–Crippen MR) is 138 cm³/mol. The largest absolute Gasteiger partial charge is 0.483 e. The maximum absolute atomic E-state index is 12.9. The van der Waals surface area contributed by atoms with Gasteiger partial charge in [-0.1, -0.05) is 57.9 Å². The standard InChI is InChI=1S/C25H18BrClN2O4S/c26-18-9-10-21(33-15-23(30)28-20-7-2-1-3-8-20)17(12-18)13-22-24(31)29(25(32)34-22)14-16-5-4-6-19(27)11-16/h1-13H,14-15H2,(H,28,30)/b22-13-. The van der Waals surface area contributed by atoms with Crippen LogP contribution in [0.1, 0.15) is 11.1 Å². The second-order valence-corrected chi connectivity index (χ2v) is 9.63. The zero-order chi connectivity index (χ0) is 24.1. The Hall–Kier alpha value is -3.07. The number of halogens is 2. The van der Waals surface area contributed by atoms with Gasteiger partial charge in [0, 0.05) is 20.7 Å². The quantitative estimate of drug-likeness (QED) is 0.342. The first-order valence-electron chi connectivity index (χ1n) is 10.2. The van der Waals surface area contributed by atoms with E-state index in [1.54, 1.807) is 60.7 Å². The normalized spacial score (nSPS) is 14.5. The first-order valence-corrected chi connectivity index (χ1v) is 12.1. The Kier molecular flexibility index (Phi) is 7.72. The number of thioether (sulfide) groups is 1. The second-order valence-electron chi connectivity index (χ2n) is 7.28. The minimum Gasteiger partial charge on any atom is -0.483 e. The molecule has 3 amide bonds. The van der Waals surface area contributed by atoms with E-state index in [1.807, 2.05) is 18.2 Å². The van der Waals surface area contributed by atoms with E-state index >= 15 is 0 Å². The van der Waals surface area contributed by atoms with E-state index in [4.69, 9.17) is 16.3 Å². The molecule has 0 aromatic heterocycles. The van der Waals surface area contributed by atoms with Gasteiger partial charge in [-0.15, -0.1) is 0 Å².